The topological polar surface area (TPSA) is 66.0 Å². The highest BCUT2D eigenvalue weighted by Gasteiger charge is 2.22. The minimum atomic E-state index is -0.618. The predicted octanol–water partition coefficient (Wildman–Crippen LogP) is 5.84. The van der Waals surface area contributed by atoms with Crippen LogP contribution in [-0.2, 0) is 0 Å². The predicted molar refractivity (Wildman–Crippen MR) is 108 cm³/mol. The van der Waals surface area contributed by atoms with Crippen LogP contribution in [0, 0.1) is 5.82 Å². The zero-order chi connectivity index (χ0) is 19.8. The van der Waals surface area contributed by atoms with Crippen molar-refractivity contribution in [3.05, 3.63) is 58.2 Å². The van der Waals surface area contributed by atoms with Crippen molar-refractivity contribution in [2.45, 2.75) is 38.3 Å². The van der Waals surface area contributed by atoms with Gasteiger partial charge in [-0.15, -0.1) is 0 Å². The highest BCUT2D eigenvalue weighted by molar-refractivity contribution is 6.36. The Hall–Kier alpha value is -2.31. The van der Waals surface area contributed by atoms with E-state index in [-0.39, 0.29) is 10.8 Å². The minimum absolute atomic E-state index is 0.0653. The maximum Gasteiger partial charge on any atom is 0.166 e. The van der Waals surface area contributed by atoms with Crippen molar-refractivity contribution in [3.63, 3.8) is 0 Å². The fourth-order valence-electron chi connectivity index (χ4n) is 3.21. The van der Waals surface area contributed by atoms with Crippen LogP contribution < -0.4 is 10.5 Å². The molecule has 146 valence electrons. The third-order valence-electron chi connectivity index (χ3n) is 5.06. The molecule has 8 heteroatoms. The Morgan fingerprint density at radius 3 is 2.75 bits per heavy atom. The van der Waals surface area contributed by atoms with Crippen LogP contribution in [0.5, 0.6) is 5.75 Å². The van der Waals surface area contributed by atoms with Gasteiger partial charge in [0.05, 0.1) is 17.3 Å². The average molecular weight is 421 g/mol. The lowest BCUT2D eigenvalue weighted by Crippen LogP contribution is -2.16. The third kappa shape index (κ3) is 3.54. The van der Waals surface area contributed by atoms with Crippen LogP contribution in [-0.4, -0.2) is 14.8 Å². The Labute approximate surface area is 172 Å². The van der Waals surface area contributed by atoms with Crippen molar-refractivity contribution in [2.75, 3.05) is 5.73 Å². The number of hydrogen-bond acceptors (Lipinski definition) is 4. The fourth-order valence-corrected chi connectivity index (χ4v) is 3.89. The summed E-state index contributed by atoms with van der Waals surface area (Å²) in [4.78, 5) is 4.23. The van der Waals surface area contributed by atoms with E-state index in [1.54, 1.807) is 25.4 Å². The molecule has 2 heterocycles. The average Bonchev–Trinajstić information content (AvgIpc) is 3.08. The summed E-state index contributed by atoms with van der Waals surface area (Å²) in [6.45, 7) is 1.73. The lowest BCUT2D eigenvalue weighted by Gasteiger charge is -2.25. The van der Waals surface area contributed by atoms with Gasteiger partial charge in [-0.05, 0) is 44.4 Å². The van der Waals surface area contributed by atoms with Crippen LogP contribution in [0.1, 0.15) is 43.9 Å². The molecule has 0 aliphatic heterocycles. The number of halogens is 3. The van der Waals surface area contributed by atoms with Gasteiger partial charge in [0.1, 0.15) is 11.9 Å². The highest BCUT2D eigenvalue weighted by Crippen LogP contribution is 2.37. The van der Waals surface area contributed by atoms with Gasteiger partial charge < -0.3 is 10.5 Å². The van der Waals surface area contributed by atoms with Crippen molar-refractivity contribution in [1.29, 1.82) is 0 Å². The summed E-state index contributed by atoms with van der Waals surface area (Å²) in [7, 11) is 0. The highest BCUT2D eigenvalue weighted by atomic mass is 35.5. The maximum absolute atomic E-state index is 13.8. The first-order valence-electron chi connectivity index (χ1n) is 9.04. The molecule has 28 heavy (non-hydrogen) atoms. The molecule has 1 aromatic carbocycles. The van der Waals surface area contributed by atoms with E-state index in [4.69, 9.17) is 33.7 Å². The van der Waals surface area contributed by atoms with Crippen molar-refractivity contribution in [1.82, 2.24) is 14.8 Å². The first-order chi connectivity index (χ1) is 13.4. The first-order valence-corrected chi connectivity index (χ1v) is 9.79. The summed E-state index contributed by atoms with van der Waals surface area (Å²) in [5.74, 6) is 0.0446. The van der Waals surface area contributed by atoms with E-state index in [1.165, 1.54) is 18.6 Å². The number of nitrogens with two attached hydrogens (primary N) is 1. The molecule has 1 fully saturated rings. The van der Waals surface area contributed by atoms with Gasteiger partial charge in [-0.3, -0.25) is 4.68 Å². The number of ether oxygens (including phenoxy) is 1. The Kier molecular flexibility index (Phi) is 5.17. The van der Waals surface area contributed by atoms with Crippen LogP contribution in [0.4, 0.5) is 10.2 Å². The van der Waals surface area contributed by atoms with Crippen LogP contribution in [0.15, 0.2) is 36.8 Å². The maximum atomic E-state index is 13.8. The summed E-state index contributed by atoms with van der Waals surface area (Å²) in [6, 6.07) is 4.94. The Balaban J connectivity index is 1.61. The van der Waals surface area contributed by atoms with Gasteiger partial charge in [-0.1, -0.05) is 23.2 Å². The molecule has 0 saturated heterocycles. The SMILES string of the molecule is CC(Oc1cc(-c2cnn(C3CCC3)c2)cnc1N)c1c(Cl)ccc(F)c1Cl. The molecular weight excluding hydrogens is 402 g/mol. The number of aromatic nitrogens is 3. The third-order valence-corrected chi connectivity index (χ3v) is 5.77. The molecule has 0 bridgehead atoms. The van der Waals surface area contributed by atoms with E-state index in [1.807, 2.05) is 10.9 Å². The second kappa shape index (κ2) is 7.60. The lowest BCUT2D eigenvalue weighted by molar-refractivity contribution is 0.227. The molecule has 1 aliphatic carbocycles. The molecule has 4 rings (SSSR count). The van der Waals surface area contributed by atoms with Gasteiger partial charge >= 0.3 is 0 Å². The van der Waals surface area contributed by atoms with Crippen molar-refractivity contribution < 1.29 is 9.13 Å². The summed E-state index contributed by atoms with van der Waals surface area (Å²) >= 11 is 12.3. The van der Waals surface area contributed by atoms with E-state index in [9.17, 15) is 4.39 Å². The second-order valence-electron chi connectivity index (χ2n) is 6.92. The Morgan fingerprint density at radius 2 is 2.04 bits per heavy atom. The Morgan fingerprint density at radius 1 is 1.25 bits per heavy atom. The summed E-state index contributed by atoms with van der Waals surface area (Å²) in [5, 5.41) is 4.71. The van der Waals surface area contributed by atoms with Gasteiger partial charge in [0.2, 0.25) is 0 Å². The quantitative estimate of drug-likeness (QED) is 0.526. The molecule has 3 aromatic rings. The zero-order valence-corrected chi connectivity index (χ0v) is 16.7. The molecule has 1 atom stereocenters. The largest absolute Gasteiger partial charge is 0.482 e. The number of nitrogen functional groups attached to an aromatic ring is 1. The molecule has 0 spiro atoms. The van der Waals surface area contributed by atoms with Gasteiger partial charge in [-0.25, -0.2) is 9.37 Å². The summed E-state index contributed by atoms with van der Waals surface area (Å²) < 4.78 is 21.8. The number of rotatable bonds is 5. The zero-order valence-electron chi connectivity index (χ0n) is 15.2. The molecule has 2 N–H and O–H groups in total. The number of benzene rings is 1. The monoisotopic (exact) mass is 420 g/mol. The summed E-state index contributed by atoms with van der Waals surface area (Å²) in [6.07, 6.45) is 8.42. The molecule has 5 nitrogen and oxygen atoms in total. The van der Waals surface area contributed by atoms with E-state index in [0.717, 1.165) is 24.0 Å². The lowest BCUT2D eigenvalue weighted by atomic mass is 9.93. The minimum Gasteiger partial charge on any atom is -0.482 e. The van der Waals surface area contributed by atoms with Gasteiger partial charge in [0.25, 0.3) is 0 Å². The smallest absolute Gasteiger partial charge is 0.166 e. The molecule has 1 saturated carbocycles. The number of hydrogen-bond donors (Lipinski definition) is 1. The fraction of sp³-hybridized carbons (Fsp3) is 0.300. The standard InChI is InChI=1S/C20H19Cl2FN4O/c1-11(18-15(21)5-6-16(23)19(18)22)28-17-7-12(8-25-20(17)24)13-9-26-27(10-13)14-3-2-4-14/h5-11,14H,2-4H2,1H3,(H2,24,25). The van der Waals surface area contributed by atoms with Gasteiger partial charge in [0, 0.05) is 34.1 Å². The van der Waals surface area contributed by atoms with Crippen LogP contribution in [0.25, 0.3) is 11.1 Å². The van der Waals surface area contributed by atoms with E-state index >= 15 is 0 Å². The molecular formula is C20H19Cl2FN4O. The van der Waals surface area contributed by atoms with Crippen LogP contribution in [0.2, 0.25) is 10.0 Å². The second-order valence-corrected chi connectivity index (χ2v) is 7.70. The van der Waals surface area contributed by atoms with Crippen molar-refractivity contribution in [2.24, 2.45) is 0 Å². The van der Waals surface area contributed by atoms with Crippen LogP contribution in [0.3, 0.4) is 0 Å². The van der Waals surface area contributed by atoms with E-state index in [2.05, 4.69) is 10.1 Å². The molecule has 0 radical (unpaired) electrons. The van der Waals surface area contributed by atoms with Crippen molar-refractivity contribution >= 4 is 29.0 Å². The molecule has 0 amide bonds. The van der Waals surface area contributed by atoms with E-state index in [0.29, 0.717) is 22.4 Å². The summed E-state index contributed by atoms with van der Waals surface area (Å²) in [5.41, 5.74) is 8.11. The number of nitrogens with zero attached hydrogens (tertiary/aromatic N) is 3. The van der Waals surface area contributed by atoms with Crippen LogP contribution >= 0.6 is 23.2 Å². The molecule has 2 aromatic heterocycles. The number of pyridine rings is 1. The number of anilines is 1. The molecule has 1 aliphatic rings. The van der Waals surface area contributed by atoms with Gasteiger partial charge in [0.15, 0.2) is 11.6 Å². The molecule has 1 unspecified atom stereocenters. The van der Waals surface area contributed by atoms with Gasteiger partial charge in [-0.2, -0.15) is 5.10 Å². The van der Waals surface area contributed by atoms with Crippen molar-refractivity contribution in [3.8, 4) is 16.9 Å². The normalized spacial score (nSPS) is 15.3. The Bertz CT molecular complexity index is 1020. The van der Waals surface area contributed by atoms with E-state index < -0.39 is 11.9 Å². The first kappa shape index (κ1) is 19.0.